The van der Waals surface area contributed by atoms with Gasteiger partial charge in [-0.15, -0.1) is 0 Å². The fraction of sp³-hybridized carbons (Fsp3) is 0.400. The highest BCUT2D eigenvalue weighted by Crippen LogP contribution is 2.20. The molecule has 0 amide bonds. The molecule has 0 atom stereocenters. The lowest BCUT2D eigenvalue weighted by atomic mass is 10.2. The Morgan fingerprint density at radius 1 is 0.667 bits per heavy atom. The molecule has 0 aliphatic rings. The molecule has 4 N–H and O–H groups in total. The summed E-state index contributed by atoms with van der Waals surface area (Å²) in [5.41, 5.74) is 15.3. The molecule has 4 nitrogen and oxygen atoms in total. The van der Waals surface area contributed by atoms with Gasteiger partial charge in [-0.25, -0.2) is 0 Å². The van der Waals surface area contributed by atoms with Crippen LogP contribution in [0.1, 0.15) is 36.8 Å². The van der Waals surface area contributed by atoms with Gasteiger partial charge in [0.2, 0.25) is 0 Å². The van der Waals surface area contributed by atoms with E-state index in [2.05, 4.69) is 0 Å². The normalized spacial score (nSPS) is 10.6. The molecule has 0 aliphatic carbocycles. The number of hydrogen-bond donors (Lipinski definition) is 2. The van der Waals surface area contributed by atoms with Gasteiger partial charge in [0.05, 0.1) is 13.2 Å². The molecule has 0 radical (unpaired) electrons. The summed E-state index contributed by atoms with van der Waals surface area (Å²) in [6, 6.07) is 11.6. The van der Waals surface area contributed by atoms with Gasteiger partial charge in [0.1, 0.15) is 11.5 Å². The zero-order chi connectivity index (χ0) is 17.4. The summed E-state index contributed by atoms with van der Waals surface area (Å²) in [5, 5.41) is 0. The summed E-state index contributed by atoms with van der Waals surface area (Å²) in [7, 11) is 0. The minimum absolute atomic E-state index is 0.737. The number of nitrogens with two attached hydrogens (primary N) is 2. The van der Waals surface area contributed by atoms with Crippen LogP contribution in [0.2, 0.25) is 0 Å². The first kappa shape index (κ1) is 18.0. The van der Waals surface area contributed by atoms with Crippen LogP contribution in [-0.2, 0) is 0 Å². The average molecular weight is 328 g/mol. The Labute approximate surface area is 144 Å². The van der Waals surface area contributed by atoms with Gasteiger partial charge in [-0.3, -0.25) is 0 Å². The van der Waals surface area contributed by atoms with Crippen LogP contribution in [0.4, 0.5) is 11.4 Å². The van der Waals surface area contributed by atoms with E-state index in [1.54, 1.807) is 0 Å². The summed E-state index contributed by atoms with van der Waals surface area (Å²) < 4.78 is 11.5. The molecule has 0 saturated heterocycles. The maximum Gasteiger partial charge on any atom is 0.119 e. The monoisotopic (exact) mass is 328 g/mol. The van der Waals surface area contributed by atoms with Crippen molar-refractivity contribution in [2.45, 2.75) is 39.5 Å². The van der Waals surface area contributed by atoms with Gasteiger partial charge in [-0.05, 0) is 87.1 Å². The number of anilines is 2. The van der Waals surface area contributed by atoms with Crippen LogP contribution in [0.25, 0.3) is 0 Å². The van der Waals surface area contributed by atoms with E-state index in [1.807, 2.05) is 50.2 Å². The second-order valence-electron chi connectivity index (χ2n) is 6.15. The highest BCUT2D eigenvalue weighted by atomic mass is 16.5. The summed E-state index contributed by atoms with van der Waals surface area (Å²) in [6.45, 7) is 5.46. The Balaban J connectivity index is 1.53. The van der Waals surface area contributed by atoms with E-state index in [1.165, 1.54) is 0 Å². The van der Waals surface area contributed by atoms with E-state index in [-0.39, 0.29) is 0 Å². The van der Waals surface area contributed by atoms with E-state index >= 15 is 0 Å². The number of nitrogen functional groups attached to an aromatic ring is 2. The highest BCUT2D eigenvalue weighted by molar-refractivity contribution is 5.50. The first-order valence-electron chi connectivity index (χ1n) is 8.54. The zero-order valence-corrected chi connectivity index (χ0v) is 14.7. The third-order valence-electron chi connectivity index (χ3n) is 4.06. The quantitative estimate of drug-likeness (QED) is 0.526. The molecule has 2 aromatic rings. The maximum atomic E-state index is 5.80. The van der Waals surface area contributed by atoms with Crippen molar-refractivity contribution in [1.82, 2.24) is 0 Å². The maximum absolute atomic E-state index is 5.80. The first-order valence-corrected chi connectivity index (χ1v) is 8.54. The van der Waals surface area contributed by atoms with Gasteiger partial charge in [0.15, 0.2) is 0 Å². The Morgan fingerprint density at radius 3 is 1.46 bits per heavy atom. The molecule has 0 unspecified atom stereocenters. The Kier molecular flexibility index (Phi) is 6.79. The molecular formula is C20H28N2O2. The molecule has 0 aromatic heterocycles. The minimum atomic E-state index is 0.737. The molecule has 0 fully saturated rings. The molecule has 2 rings (SSSR count). The van der Waals surface area contributed by atoms with Gasteiger partial charge >= 0.3 is 0 Å². The van der Waals surface area contributed by atoms with Crippen molar-refractivity contribution < 1.29 is 9.47 Å². The summed E-state index contributed by atoms with van der Waals surface area (Å²) in [5.74, 6) is 1.78. The number of aryl methyl sites for hydroxylation is 2. The number of unbranched alkanes of at least 4 members (excludes halogenated alkanes) is 3. The molecule has 0 aliphatic heterocycles. The lowest BCUT2D eigenvalue weighted by molar-refractivity contribution is 0.287. The van der Waals surface area contributed by atoms with Gasteiger partial charge in [0, 0.05) is 11.4 Å². The minimum Gasteiger partial charge on any atom is -0.494 e. The highest BCUT2D eigenvalue weighted by Gasteiger charge is 1.99. The fourth-order valence-corrected chi connectivity index (χ4v) is 2.41. The van der Waals surface area contributed by atoms with E-state index < -0.39 is 0 Å². The third kappa shape index (κ3) is 5.69. The van der Waals surface area contributed by atoms with Gasteiger partial charge in [-0.1, -0.05) is 0 Å². The second-order valence-corrected chi connectivity index (χ2v) is 6.15. The van der Waals surface area contributed by atoms with Crippen molar-refractivity contribution in [3.63, 3.8) is 0 Å². The molecule has 0 saturated carbocycles. The lowest BCUT2D eigenvalue weighted by Crippen LogP contribution is -2.01. The smallest absolute Gasteiger partial charge is 0.119 e. The molecule has 24 heavy (non-hydrogen) atoms. The van der Waals surface area contributed by atoms with Crippen LogP contribution in [0.5, 0.6) is 11.5 Å². The Morgan fingerprint density at radius 2 is 1.08 bits per heavy atom. The SMILES string of the molecule is Cc1cc(OCCCCCCOc2ccc(N)c(C)c2)ccc1N. The van der Waals surface area contributed by atoms with Crippen molar-refractivity contribution in [3.8, 4) is 11.5 Å². The van der Waals surface area contributed by atoms with Gasteiger partial charge in [0.25, 0.3) is 0 Å². The molecule has 2 aromatic carbocycles. The van der Waals surface area contributed by atoms with Crippen molar-refractivity contribution in [2.24, 2.45) is 0 Å². The number of benzene rings is 2. The van der Waals surface area contributed by atoms with Crippen molar-refractivity contribution in [1.29, 1.82) is 0 Å². The predicted molar refractivity (Wildman–Crippen MR) is 101 cm³/mol. The molecule has 0 heterocycles. The van der Waals surface area contributed by atoms with Crippen molar-refractivity contribution >= 4 is 11.4 Å². The van der Waals surface area contributed by atoms with Crippen molar-refractivity contribution in [2.75, 3.05) is 24.7 Å². The molecule has 4 heteroatoms. The van der Waals surface area contributed by atoms with Crippen LogP contribution in [0.15, 0.2) is 36.4 Å². The zero-order valence-electron chi connectivity index (χ0n) is 14.7. The fourth-order valence-electron chi connectivity index (χ4n) is 2.41. The Bertz CT molecular complexity index is 599. The number of rotatable bonds is 9. The average Bonchev–Trinajstić information content (AvgIpc) is 2.56. The van der Waals surface area contributed by atoms with Crippen LogP contribution in [-0.4, -0.2) is 13.2 Å². The summed E-state index contributed by atoms with van der Waals surface area (Å²) in [6.07, 6.45) is 4.37. The van der Waals surface area contributed by atoms with E-state index in [9.17, 15) is 0 Å². The topological polar surface area (TPSA) is 70.5 Å². The van der Waals surface area contributed by atoms with Crippen LogP contribution < -0.4 is 20.9 Å². The largest absolute Gasteiger partial charge is 0.494 e. The van der Waals surface area contributed by atoms with Crippen LogP contribution in [0.3, 0.4) is 0 Å². The van der Waals surface area contributed by atoms with E-state index in [4.69, 9.17) is 20.9 Å². The summed E-state index contributed by atoms with van der Waals surface area (Å²) in [4.78, 5) is 0. The van der Waals surface area contributed by atoms with Crippen molar-refractivity contribution in [3.05, 3.63) is 47.5 Å². The molecular weight excluding hydrogens is 300 g/mol. The predicted octanol–water partition coefficient (Wildman–Crippen LogP) is 4.49. The van der Waals surface area contributed by atoms with E-state index in [0.29, 0.717) is 0 Å². The van der Waals surface area contributed by atoms with Crippen LogP contribution in [0, 0.1) is 13.8 Å². The van der Waals surface area contributed by atoms with E-state index in [0.717, 1.165) is 72.9 Å². The lowest BCUT2D eigenvalue weighted by Gasteiger charge is -2.09. The molecule has 0 bridgehead atoms. The molecule has 130 valence electrons. The summed E-state index contributed by atoms with van der Waals surface area (Å²) >= 11 is 0. The van der Waals surface area contributed by atoms with Gasteiger partial charge in [-0.2, -0.15) is 0 Å². The molecule has 0 spiro atoms. The second kappa shape index (κ2) is 9.06. The van der Waals surface area contributed by atoms with Crippen LogP contribution >= 0.6 is 0 Å². The van der Waals surface area contributed by atoms with Gasteiger partial charge < -0.3 is 20.9 Å². The third-order valence-corrected chi connectivity index (χ3v) is 4.06. The first-order chi connectivity index (χ1) is 11.6. The number of hydrogen-bond acceptors (Lipinski definition) is 4. The number of ether oxygens (including phenoxy) is 2. The Hall–Kier alpha value is -2.36. The standard InChI is InChI=1S/C20H28N2O2/c1-15-13-17(7-9-19(15)21)23-11-5-3-4-6-12-24-18-8-10-20(22)16(2)14-18/h7-10,13-14H,3-6,11-12,21-22H2,1-2H3.